The Morgan fingerprint density at radius 1 is 1.07 bits per heavy atom. The maximum atomic E-state index is 13.4. The van der Waals surface area contributed by atoms with Crippen LogP contribution in [0, 0.1) is 5.82 Å². The van der Waals surface area contributed by atoms with E-state index >= 15 is 0 Å². The molecule has 2 heterocycles. The molecule has 29 heavy (non-hydrogen) atoms. The van der Waals surface area contributed by atoms with Gasteiger partial charge in [0.15, 0.2) is 0 Å². The van der Waals surface area contributed by atoms with E-state index in [0.29, 0.717) is 38.4 Å². The molecular weight excluding hydrogens is 404 g/mol. The number of aromatic nitrogens is 1. The van der Waals surface area contributed by atoms with Crippen LogP contribution in [0.25, 0.3) is 10.2 Å². The van der Waals surface area contributed by atoms with E-state index < -0.39 is 11.7 Å². The normalized spacial score (nSPS) is 17.1. The molecule has 1 aromatic heterocycles. The summed E-state index contributed by atoms with van der Waals surface area (Å²) < 4.78 is 52.9. The van der Waals surface area contributed by atoms with Gasteiger partial charge in [0.1, 0.15) is 10.8 Å². The SMILES string of the molecule is NC(CN1CCN(c2cccc(C(F)(F)F)c2)CC1)c1nc2ccc(F)cc2s1. The van der Waals surface area contributed by atoms with Gasteiger partial charge < -0.3 is 10.6 Å². The molecule has 2 aromatic carbocycles. The minimum atomic E-state index is -4.34. The average molecular weight is 424 g/mol. The second kappa shape index (κ2) is 7.89. The number of fused-ring (bicyclic) bond motifs is 1. The Hall–Kier alpha value is -2.23. The summed E-state index contributed by atoms with van der Waals surface area (Å²) in [6.45, 7) is 3.24. The van der Waals surface area contributed by atoms with Crippen LogP contribution in [0.5, 0.6) is 0 Å². The molecule has 9 heteroatoms. The minimum Gasteiger partial charge on any atom is -0.369 e. The topological polar surface area (TPSA) is 45.4 Å². The van der Waals surface area contributed by atoms with Gasteiger partial charge in [-0.15, -0.1) is 11.3 Å². The Bertz CT molecular complexity index is 996. The zero-order valence-corrected chi connectivity index (χ0v) is 16.3. The Kier molecular flexibility index (Phi) is 5.46. The second-order valence-electron chi connectivity index (χ2n) is 7.11. The number of benzene rings is 2. The number of nitrogens with two attached hydrogens (primary N) is 1. The molecule has 0 radical (unpaired) electrons. The maximum Gasteiger partial charge on any atom is 0.416 e. The molecule has 0 amide bonds. The Labute approximate surface area is 169 Å². The number of thiazole rings is 1. The van der Waals surface area contributed by atoms with Gasteiger partial charge in [-0.25, -0.2) is 9.37 Å². The maximum absolute atomic E-state index is 13.4. The third kappa shape index (κ3) is 4.52. The van der Waals surface area contributed by atoms with Crippen molar-refractivity contribution in [3.63, 3.8) is 0 Å². The first-order valence-corrected chi connectivity index (χ1v) is 10.1. The molecule has 154 valence electrons. The smallest absolute Gasteiger partial charge is 0.369 e. The number of halogens is 4. The number of alkyl halides is 3. The zero-order chi connectivity index (χ0) is 20.6. The molecule has 2 N–H and O–H groups in total. The molecule has 1 fully saturated rings. The van der Waals surface area contributed by atoms with Crippen molar-refractivity contribution in [2.75, 3.05) is 37.6 Å². The van der Waals surface area contributed by atoms with Crippen molar-refractivity contribution in [3.05, 3.63) is 58.9 Å². The molecule has 1 aliphatic heterocycles. The van der Waals surface area contributed by atoms with Gasteiger partial charge in [0.05, 0.1) is 21.8 Å². The van der Waals surface area contributed by atoms with Gasteiger partial charge in [-0.3, -0.25) is 4.90 Å². The second-order valence-corrected chi connectivity index (χ2v) is 8.17. The molecule has 1 aliphatic rings. The van der Waals surface area contributed by atoms with Gasteiger partial charge >= 0.3 is 6.18 Å². The van der Waals surface area contributed by atoms with Crippen LogP contribution in [-0.4, -0.2) is 42.6 Å². The van der Waals surface area contributed by atoms with Crippen molar-refractivity contribution in [2.24, 2.45) is 5.73 Å². The van der Waals surface area contributed by atoms with Crippen LogP contribution in [-0.2, 0) is 6.18 Å². The highest BCUT2D eigenvalue weighted by molar-refractivity contribution is 7.18. The summed E-state index contributed by atoms with van der Waals surface area (Å²) >= 11 is 1.39. The lowest BCUT2D eigenvalue weighted by molar-refractivity contribution is -0.137. The largest absolute Gasteiger partial charge is 0.416 e. The first-order valence-electron chi connectivity index (χ1n) is 9.26. The third-order valence-corrected chi connectivity index (χ3v) is 6.20. The van der Waals surface area contributed by atoms with E-state index in [1.54, 1.807) is 12.1 Å². The first-order chi connectivity index (χ1) is 13.8. The Morgan fingerprint density at radius 2 is 1.83 bits per heavy atom. The number of rotatable bonds is 4. The first kappa shape index (κ1) is 20.1. The van der Waals surface area contributed by atoms with E-state index in [9.17, 15) is 17.6 Å². The standard InChI is InChI=1S/C20H20F4N4S/c21-14-4-5-17-18(11-14)29-19(26-17)16(25)12-27-6-8-28(9-7-27)15-3-1-2-13(10-15)20(22,23)24/h1-5,10-11,16H,6-9,12,25H2. The highest BCUT2D eigenvalue weighted by atomic mass is 32.1. The number of anilines is 1. The van der Waals surface area contributed by atoms with Crippen LogP contribution < -0.4 is 10.6 Å². The lowest BCUT2D eigenvalue weighted by Gasteiger charge is -2.37. The molecule has 0 saturated carbocycles. The summed E-state index contributed by atoms with van der Waals surface area (Å²) in [4.78, 5) is 8.64. The van der Waals surface area contributed by atoms with Gasteiger partial charge in [-0.2, -0.15) is 13.2 Å². The molecule has 0 aliphatic carbocycles. The number of hydrogen-bond donors (Lipinski definition) is 1. The Balaban J connectivity index is 1.37. The predicted molar refractivity (Wildman–Crippen MR) is 107 cm³/mol. The monoisotopic (exact) mass is 424 g/mol. The lowest BCUT2D eigenvalue weighted by atomic mass is 10.1. The summed E-state index contributed by atoms with van der Waals surface area (Å²) in [7, 11) is 0. The van der Waals surface area contributed by atoms with Gasteiger partial charge in [0.2, 0.25) is 0 Å². The van der Waals surface area contributed by atoms with Crippen molar-refractivity contribution in [1.82, 2.24) is 9.88 Å². The lowest BCUT2D eigenvalue weighted by Crippen LogP contribution is -2.48. The molecule has 1 atom stereocenters. The highest BCUT2D eigenvalue weighted by Crippen LogP contribution is 2.32. The summed E-state index contributed by atoms with van der Waals surface area (Å²) in [5.41, 5.74) is 7.00. The van der Waals surface area contributed by atoms with E-state index in [0.717, 1.165) is 21.3 Å². The van der Waals surface area contributed by atoms with Gasteiger partial charge in [0, 0.05) is 38.4 Å². The quantitative estimate of drug-likeness (QED) is 0.636. The average Bonchev–Trinajstić information content (AvgIpc) is 3.11. The minimum absolute atomic E-state index is 0.296. The summed E-state index contributed by atoms with van der Waals surface area (Å²) in [5.74, 6) is -0.299. The van der Waals surface area contributed by atoms with Crippen LogP contribution in [0.2, 0.25) is 0 Å². The van der Waals surface area contributed by atoms with Crippen molar-refractivity contribution in [2.45, 2.75) is 12.2 Å². The van der Waals surface area contributed by atoms with Crippen LogP contribution >= 0.6 is 11.3 Å². The van der Waals surface area contributed by atoms with E-state index in [-0.39, 0.29) is 11.9 Å². The van der Waals surface area contributed by atoms with Gasteiger partial charge in [0.25, 0.3) is 0 Å². The van der Waals surface area contributed by atoms with Crippen LogP contribution in [0.4, 0.5) is 23.2 Å². The van der Waals surface area contributed by atoms with Crippen LogP contribution in [0.15, 0.2) is 42.5 Å². The fourth-order valence-corrected chi connectivity index (χ4v) is 4.48. The number of hydrogen-bond acceptors (Lipinski definition) is 5. The molecule has 4 rings (SSSR count). The van der Waals surface area contributed by atoms with Crippen molar-refractivity contribution in [1.29, 1.82) is 0 Å². The molecule has 0 spiro atoms. The number of piperazine rings is 1. The van der Waals surface area contributed by atoms with Crippen molar-refractivity contribution >= 4 is 27.2 Å². The van der Waals surface area contributed by atoms with E-state index in [1.165, 1.54) is 35.6 Å². The van der Waals surface area contributed by atoms with Crippen LogP contribution in [0.1, 0.15) is 16.6 Å². The van der Waals surface area contributed by atoms with E-state index in [4.69, 9.17) is 5.73 Å². The van der Waals surface area contributed by atoms with Crippen molar-refractivity contribution < 1.29 is 17.6 Å². The van der Waals surface area contributed by atoms with Crippen molar-refractivity contribution in [3.8, 4) is 0 Å². The molecule has 1 saturated heterocycles. The predicted octanol–water partition coefficient (Wildman–Crippen LogP) is 4.28. The molecule has 0 bridgehead atoms. The van der Waals surface area contributed by atoms with E-state index in [2.05, 4.69) is 9.88 Å². The van der Waals surface area contributed by atoms with Gasteiger partial charge in [-0.1, -0.05) is 6.07 Å². The summed E-state index contributed by atoms with van der Waals surface area (Å²) in [6, 6.07) is 9.61. The summed E-state index contributed by atoms with van der Waals surface area (Å²) in [6.07, 6.45) is -4.34. The molecule has 4 nitrogen and oxygen atoms in total. The Morgan fingerprint density at radius 3 is 2.55 bits per heavy atom. The fourth-order valence-electron chi connectivity index (χ4n) is 3.50. The number of nitrogens with zero attached hydrogens (tertiary/aromatic N) is 3. The third-order valence-electron chi connectivity index (χ3n) is 5.05. The molecule has 1 unspecified atom stereocenters. The fraction of sp³-hybridized carbons (Fsp3) is 0.350. The molecular formula is C20H20F4N4S. The van der Waals surface area contributed by atoms with Gasteiger partial charge in [-0.05, 0) is 36.4 Å². The summed E-state index contributed by atoms with van der Waals surface area (Å²) in [5, 5.41) is 0.755. The molecule has 3 aromatic rings. The highest BCUT2D eigenvalue weighted by Gasteiger charge is 2.31. The van der Waals surface area contributed by atoms with E-state index in [1.807, 2.05) is 4.90 Å². The zero-order valence-electron chi connectivity index (χ0n) is 15.5. The van der Waals surface area contributed by atoms with Crippen LogP contribution in [0.3, 0.4) is 0 Å².